The molecule has 2 unspecified atom stereocenters. The van der Waals surface area contributed by atoms with Gasteiger partial charge in [-0.1, -0.05) is 0 Å². The van der Waals surface area contributed by atoms with E-state index in [2.05, 4.69) is 10.6 Å². The first-order valence-corrected chi connectivity index (χ1v) is 5.90. The average molecular weight is 285 g/mol. The molecule has 0 saturated carbocycles. The Morgan fingerprint density at radius 2 is 2.10 bits per heavy atom. The summed E-state index contributed by atoms with van der Waals surface area (Å²) in [5, 5.41) is 14.4. The van der Waals surface area contributed by atoms with E-state index in [-0.39, 0.29) is 13.0 Å². The Kier molecular flexibility index (Phi) is 3.84. The van der Waals surface area contributed by atoms with Gasteiger partial charge in [0.05, 0.1) is 12.0 Å². The number of halogens is 2. The first-order valence-electron chi connectivity index (χ1n) is 5.90. The number of carbonyl (C=O) groups is 2. The summed E-state index contributed by atoms with van der Waals surface area (Å²) in [6.07, 6.45) is 0.185. The Morgan fingerprint density at radius 3 is 2.65 bits per heavy atom. The van der Waals surface area contributed by atoms with Crippen LogP contribution in [0.4, 0.5) is 14.5 Å². The molecule has 0 aromatic heterocycles. The summed E-state index contributed by atoms with van der Waals surface area (Å²) < 4.78 is 26.3. The molecule has 1 heterocycles. The Morgan fingerprint density at radius 1 is 1.40 bits per heavy atom. The Bertz CT molecular complexity index is 542. The number of amides is 2. The average Bonchev–Trinajstić information content (AvgIpc) is 2.83. The number of nitrogens with one attached hydrogen (secondary N) is 2. The molecule has 1 saturated heterocycles. The van der Waals surface area contributed by atoms with Crippen LogP contribution in [0, 0.1) is 17.6 Å². The van der Waals surface area contributed by atoms with E-state index >= 15 is 0 Å². The number of anilines is 1. The summed E-state index contributed by atoms with van der Waals surface area (Å²) in [7, 11) is 0. The second kappa shape index (κ2) is 5.41. The molecule has 0 aliphatic carbocycles. The van der Waals surface area contributed by atoms with Crippen LogP contribution in [0.15, 0.2) is 12.1 Å². The molecule has 5 N–H and O–H groups in total. The molecule has 8 heteroatoms. The minimum Gasteiger partial charge on any atom is -0.506 e. The Labute approximate surface area is 113 Å². The van der Waals surface area contributed by atoms with Gasteiger partial charge in [0.25, 0.3) is 0 Å². The van der Waals surface area contributed by atoms with Gasteiger partial charge in [-0.15, -0.1) is 0 Å². The minimum absolute atomic E-state index is 0.185. The molecule has 2 atom stereocenters. The van der Waals surface area contributed by atoms with Crippen LogP contribution in [0.3, 0.4) is 0 Å². The first-order chi connectivity index (χ1) is 9.38. The van der Waals surface area contributed by atoms with E-state index in [0.717, 1.165) is 0 Å². The summed E-state index contributed by atoms with van der Waals surface area (Å²) in [6, 6.07) is 0.629. The monoisotopic (exact) mass is 285 g/mol. The number of carbonyl (C=O) groups excluding carboxylic acids is 2. The summed E-state index contributed by atoms with van der Waals surface area (Å²) in [5.41, 5.74) is 4.62. The predicted molar refractivity (Wildman–Crippen MR) is 65.7 cm³/mol. The van der Waals surface area contributed by atoms with Crippen LogP contribution in [0.2, 0.25) is 0 Å². The van der Waals surface area contributed by atoms with Gasteiger partial charge in [0, 0.05) is 18.7 Å². The van der Waals surface area contributed by atoms with Crippen LogP contribution in [0.25, 0.3) is 0 Å². The molecule has 1 aliphatic rings. The highest BCUT2D eigenvalue weighted by Crippen LogP contribution is 2.28. The standard InChI is InChI=1S/C12H13F2N3O3/c13-6-2-7(14)10(9(18)3-6)17-12(20)5-1-8(11(15)19)16-4-5/h2-3,5,8,16,18H,1,4H2,(H2,15,19)(H,17,20). The number of hydrogen-bond acceptors (Lipinski definition) is 4. The van der Waals surface area contributed by atoms with Crippen LogP contribution in [0.1, 0.15) is 6.42 Å². The second-order valence-electron chi connectivity index (χ2n) is 4.57. The van der Waals surface area contributed by atoms with E-state index in [0.29, 0.717) is 12.1 Å². The van der Waals surface area contributed by atoms with Gasteiger partial charge in [-0.25, -0.2) is 8.78 Å². The third-order valence-corrected chi connectivity index (χ3v) is 3.13. The van der Waals surface area contributed by atoms with Crippen LogP contribution >= 0.6 is 0 Å². The molecule has 2 rings (SSSR count). The quantitative estimate of drug-likeness (QED) is 0.590. The van der Waals surface area contributed by atoms with Crippen molar-refractivity contribution in [2.24, 2.45) is 11.7 Å². The zero-order valence-electron chi connectivity index (χ0n) is 10.3. The van der Waals surface area contributed by atoms with Crippen molar-refractivity contribution in [1.29, 1.82) is 0 Å². The predicted octanol–water partition coefficient (Wildman–Crippen LogP) is 0.0723. The highest BCUT2D eigenvalue weighted by atomic mass is 19.1. The van der Waals surface area contributed by atoms with E-state index in [1.807, 2.05) is 0 Å². The Hall–Kier alpha value is -2.22. The van der Waals surface area contributed by atoms with Crippen LogP contribution in [-0.2, 0) is 9.59 Å². The van der Waals surface area contributed by atoms with Crippen LogP contribution in [-0.4, -0.2) is 29.5 Å². The van der Waals surface area contributed by atoms with Crippen molar-refractivity contribution >= 4 is 17.5 Å². The molecule has 1 aromatic carbocycles. The van der Waals surface area contributed by atoms with Gasteiger partial charge in [0.15, 0.2) is 5.82 Å². The van der Waals surface area contributed by atoms with Gasteiger partial charge in [-0.2, -0.15) is 0 Å². The number of aromatic hydroxyl groups is 1. The number of phenolic OH excluding ortho intramolecular Hbond substituents is 1. The van der Waals surface area contributed by atoms with Crippen molar-refractivity contribution in [2.75, 3.05) is 11.9 Å². The third-order valence-electron chi connectivity index (χ3n) is 3.13. The van der Waals surface area contributed by atoms with Crippen molar-refractivity contribution in [1.82, 2.24) is 5.32 Å². The fraction of sp³-hybridized carbons (Fsp3) is 0.333. The molecular weight excluding hydrogens is 272 g/mol. The number of rotatable bonds is 3. The molecule has 0 radical (unpaired) electrons. The third kappa shape index (κ3) is 2.85. The first kappa shape index (κ1) is 14.2. The molecule has 0 spiro atoms. The van der Waals surface area contributed by atoms with Gasteiger partial charge in [-0.05, 0) is 6.42 Å². The number of benzene rings is 1. The minimum atomic E-state index is -1.08. The summed E-state index contributed by atoms with van der Waals surface area (Å²) in [5.74, 6) is -4.47. The normalized spacial score (nSPS) is 21.7. The van der Waals surface area contributed by atoms with Gasteiger partial charge in [0.1, 0.15) is 17.3 Å². The van der Waals surface area contributed by atoms with E-state index in [9.17, 15) is 23.5 Å². The summed E-state index contributed by atoms with van der Waals surface area (Å²) >= 11 is 0. The number of phenols is 1. The van der Waals surface area contributed by atoms with Gasteiger partial charge in [0.2, 0.25) is 11.8 Å². The second-order valence-corrected chi connectivity index (χ2v) is 4.57. The molecule has 2 amide bonds. The van der Waals surface area contributed by atoms with Crippen LogP contribution in [0.5, 0.6) is 5.75 Å². The molecule has 6 nitrogen and oxygen atoms in total. The zero-order chi connectivity index (χ0) is 14.9. The fourth-order valence-electron chi connectivity index (χ4n) is 2.06. The molecule has 1 aromatic rings. The van der Waals surface area contributed by atoms with Crippen LogP contribution < -0.4 is 16.4 Å². The summed E-state index contributed by atoms with van der Waals surface area (Å²) in [6.45, 7) is 0.211. The molecule has 1 fully saturated rings. The van der Waals surface area contributed by atoms with Crippen molar-refractivity contribution in [3.8, 4) is 5.75 Å². The maximum absolute atomic E-state index is 13.5. The maximum Gasteiger partial charge on any atom is 0.234 e. The lowest BCUT2D eigenvalue weighted by Crippen LogP contribution is -2.36. The van der Waals surface area contributed by atoms with Crippen molar-refractivity contribution < 1.29 is 23.5 Å². The molecule has 20 heavy (non-hydrogen) atoms. The van der Waals surface area contributed by atoms with Crippen molar-refractivity contribution in [2.45, 2.75) is 12.5 Å². The van der Waals surface area contributed by atoms with Crippen molar-refractivity contribution in [3.05, 3.63) is 23.8 Å². The van der Waals surface area contributed by atoms with Gasteiger partial charge < -0.3 is 21.5 Å². The number of primary amides is 1. The zero-order valence-corrected chi connectivity index (χ0v) is 10.3. The summed E-state index contributed by atoms with van der Waals surface area (Å²) in [4.78, 5) is 22.9. The smallest absolute Gasteiger partial charge is 0.234 e. The van der Waals surface area contributed by atoms with Gasteiger partial charge >= 0.3 is 0 Å². The number of nitrogens with two attached hydrogens (primary N) is 1. The maximum atomic E-state index is 13.5. The van der Waals surface area contributed by atoms with Gasteiger partial charge in [-0.3, -0.25) is 9.59 Å². The molecular formula is C12H13F2N3O3. The van der Waals surface area contributed by atoms with E-state index in [4.69, 9.17) is 5.73 Å². The topological polar surface area (TPSA) is 104 Å². The lowest BCUT2D eigenvalue weighted by atomic mass is 10.0. The molecule has 1 aliphatic heterocycles. The highest BCUT2D eigenvalue weighted by molar-refractivity contribution is 5.95. The van der Waals surface area contributed by atoms with E-state index in [1.165, 1.54) is 0 Å². The SMILES string of the molecule is NC(=O)C1CC(C(=O)Nc2c(O)cc(F)cc2F)CN1. The lowest BCUT2D eigenvalue weighted by Gasteiger charge is -2.12. The Balaban J connectivity index is 2.08. The highest BCUT2D eigenvalue weighted by Gasteiger charge is 2.33. The van der Waals surface area contributed by atoms with Crippen molar-refractivity contribution in [3.63, 3.8) is 0 Å². The number of hydrogen-bond donors (Lipinski definition) is 4. The molecule has 108 valence electrons. The van der Waals surface area contributed by atoms with E-state index < -0.39 is 46.8 Å². The lowest BCUT2D eigenvalue weighted by molar-refractivity contribution is -0.120. The molecule has 0 bridgehead atoms. The fourth-order valence-corrected chi connectivity index (χ4v) is 2.06. The van der Waals surface area contributed by atoms with E-state index in [1.54, 1.807) is 0 Å². The largest absolute Gasteiger partial charge is 0.506 e.